The van der Waals surface area contributed by atoms with Gasteiger partial charge in [0.05, 0.1) is 0 Å². The molecule has 1 aromatic rings. The summed E-state index contributed by atoms with van der Waals surface area (Å²) in [5.41, 5.74) is 0. The molecule has 14 heavy (non-hydrogen) atoms. The van der Waals surface area contributed by atoms with Gasteiger partial charge in [-0.2, -0.15) is 0 Å². The molecule has 1 aromatic heterocycles. The van der Waals surface area contributed by atoms with Crippen molar-refractivity contribution < 1.29 is 0 Å². The topological polar surface area (TPSA) is 12.0 Å². The molecule has 1 nitrogen and oxygen atoms in total. The number of hydrogen-bond acceptors (Lipinski definition) is 2. The molecule has 2 rings (SSSR count). The Kier molecular flexibility index (Phi) is 4.02. The third-order valence-electron chi connectivity index (χ3n) is 2.79. The Bertz CT molecular complexity index is 277. The summed E-state index contributed by atoms with van der Waals surface area (Å²) in [5.74, 6) is 0. The van der Waals surface area contributed by atoms with Crippen LogP contribution in [0.1, 0.15) is 30.6 Å². The lowest BCUT2D eigenvalue weighted by molar-refractivity contribution is 0.510. The maximum atomic E-state index is 3.63. The fourth-order valence-corrected chi connectivity index (χ4v) is 3.57. The second-order valence-electron chi connectivity index (χ2n) is 3.90. The smallest absolute Gasteiger partial charge is 0.0314 e. The third kappa shape index (κ3) is 2.81. The molecule has 3 heteroatoms. The first-order valence-electron chi connectivity index (χ1n) is 5.31. The number of thiophene rings is 1. The van der Waals surface area contributed by atoms with Gasteiger partial charge in [-0.3, -0.25) is 0 Å². The van der Waals surface area contributed by atoms with Crippen molar-refractivity contribution in [3.63, 3.8) is 0 Å². The normalized spacial score (nSPS) is 23.4. The van der Waals surface area contributed by atoms with Crippen molar-refractivity contribution in [2.45, 2.75) is 38.1 Å². The number of halogens is 1. The minimum atomic E-state index is 0.701. The van der Waals surface area contributed by atoms with E-state index in [1.165, 1.54) is 48.0 Å². The molecule has 0 aromatic carbocycles. The standard InChI is InChI=1S/C11H16BrNS/c12-10-5-7-14-11(10)8-9-4-2-1-3-6-13-9/h5,7,9,13H,1-4,6,8H2. The first-order valence-corrected chi connectivity index (χ1v) is 6.99. The molecule has 0 radical (unpaired) electrons. The van der Waals surface area contributed by atoms with Crippen molar-refractivity contribution in [1.29, 1.82) is 0 Å². The van der Waals surface area contributed by atoms with Crippen molar-refractivity contribution in [3.05, 3.63) is 20.8 Å². The lowest BCUT2D eigenvalue weighted by Crippen LogP contribution is -2.29. The quantitative estimate of drug-likeness (QED) is 0.869. The van der Waals surface area contributed by atoms with Gasteiger partial charge >= 0.3 is 0 Å². The first kappa shape index (κ1) is 10.7. The van der Waals surface area contributed by atoms with E-state index < -0.39 is 0 Å². The number of nitrogens with one attached hydrogen (secondary N) is 1. The molecule has 1 N–H and O–H groups in total. The predicted octanol–water partition coefficient (Wildman–Crippen LogP) is 3.59. The van der Waals surface area contributed by atoms with Gasteiger partial charge in [-0.25, -0.2) is 0 Å². The summed E-state index contributed by atoms with van der Waals surface area (Å²) >= 11 is 5.46. The van der Waals surface area contributed by atoms with Gasteiger partial charge < -0.3 is 5.32 Å². The fourth-order valence-electron chi connectivity index (χ4n) is 1.97. The van der Waals surface area contributed by atoms with Crippen LogP contribution in [0.25, 0.3) is 0 Å². The van der Waals surface area contributed by atoms with E-state index in [4.69, 9.17) is 0 Å². The van der Waals surface area contributed by atoms with Crippen LogP contribution in [-0.2, 0) is 6.42 Å². The van der Waals surface area contributed by atoms with E-state index in [0.29, 0.717) is 6.04 Å². The Morgan fingerprint density at radius 1 is 1.43 bits per heavy atom. The zero-order chi connectivity index (χ0) is 9.80. The Labute approximate surface area is 98.0 Å². The third-order valence-corrected chi connectivity index (χ3v) is 4.73. The van der Waals surface area contributed by atoms with Gasteiger partial charge in [-0.05, 0) is 53.2 Å². The second-order valence-corrected chi connectivity index (χ2v) is 5.75. The van der Waals surface area contributed by atoms with E-state index in [1.54, 1.807) is 0 Å². The largest absolute Gasteiger partial charge is 0.314 e. The van der Waals surface area contributed by atoms with Crippen LogP contribution >= 0.6 is 27.3 Å². The maximum Gasteiger partial charge on any atom is 0.0314 e. The van der Waals surface area contributed by atoms with Crippen LogP contribution in [-0.4, -0.2) is 12.6 Å². The summed E-state index contributed by atoms with van der Waals surface area (Å²) in [5, 5.41) is 5.80. The highest BCUT2D eigenvalue weighted by atomic mass is 79.9. The van der Waals surface area contributed by atoms with Crippen LogP contribution in [0.2, 0.25) is 0 Å². The van der Waals surface area contributed by atoms with E-state index in [2.05, 4.69) is 32.7 Å². The molecule has 1 atom stereocenters. The van der Waals surface area contributed by atoms with Gasteiger partial charge in [0.15, 0.2) is 0 Å². The highest BCUT2D eigenvalue weighted by Crippen LogP contribution is 2.25. The highest BCUT2D eigenvalue weighted by molar-refractivity contribution is 9.10. The van der Waals surface area contributed by atoms with Gasteiger partial charge in [0, 0.05) is 15.4 Å². The summed E-state index contributed by atoms with van der Waals surface area (Å²) in [6.45, 7) is 1.20. The van der Waals surface area contributed by atoms with Gasteiger partial charge in [0.25, 0.3) is 0 Å². The van der Waals surface area contributed by atoms with Crippen LogP contribution in [0.15, 0.2) is 15.9 Å². The highest BCUT2D eigenvalue weighted by Gasteiger charge is 2.13. The summed E-state index contributed by atoms with van der Waals surface area (Å²) in [6, 6.07) is 2.85. The number of rotatable bonds is 2. The van der Waals surface area contributed by atoms with E-state index >= 15 is 0 Å². The van der Waals surface area contributed by atoms with Crippen LogP contribution < -0.4 is 5.32 Å². The predicted molar refractivity (Wildman–Crippen MR) is 66.0 cm³/mol. The van der Waals surface area contributed by atoms with Crippen LogP contribution in [0.3, 0.4) is 0 Å². The molecule has 1 unspecified atom stereocenters. The summed E-state index contributed by atoms with van der Waals surface area (Å²) in [6.07, 6.45) is 6.67. The minimum absolute atomic E-state index is 0.701. The average molecular weight is 274 g/mol. The molecule has 1 aliphatic rings. The Balaban J connectivity index is 1.92. The molecular formula is C11H16BrNS. The zero-order valence-corrected chi connectivity index (χ0v) is 10.7. The van der Waals surface area contributed by atoms with Gasteiger partial charge in [-0.1, -0.05) is 12.8 Å². The minimum Gasteiger partial charge on any atom is -0.314 e. The zero-order valence-electron chi connectivity index (χ0n) is 8.26. The summed E-state index contributed by atoms with van der Waals surface area (Å²) < 4.78 is 1.29. The van der Waals surface area contributed by atoms with Gasteiger partial charge in [-0.15, -0.1) is 11.3 Å². The lowest BCUT2D eigenvalue weighted by Gasteiger charge is -2.14. The monoisotopic (exact) mass is 273 g/mol. The molecule has 78 valence electrons. The summed E-state index contributed by atoms with van der Waals surface area (Å²) in [7, 11) is 0. The van der Waals surface area contributed by atoms with E-state index in [9.17, 15) is 0 Å². The second kappa shape index (κ2) is 5.29. The lowest BCUT2D eigenvalue weighted by atomic mass is 10.1. The van der Waals surface area contributed by atoms with Crippen LogP contribution in [0.5, 0.6) is 0 Å². The number of hydrogen-bond donors (Lipinski definition) is 1. The molecule has 0 amide bonds. The molecule has 0 saturated carbocycles. The Morgan fingerprint density at radius 3 is 3.14 bits per heavy atom. The SMILES string of the molecule is Brc1ccsc1CC1CCCCCN1. The molecular weight excluding hydrogens is 258 g/mol. The molecule has 0 bridgehead atoms. The molecule has 1 saturated heterocycles. The maximum absolute atomic E-state index is 3.63. The fraction of sp³-hybridized carbons (Fsp3) is 0.636. The van der Waals surface area contributed by atoms with Crippen LogP contribution in [0.4, 0.5) is 0 Å². The summed E-state index contributed by atoms with van der Waals surface area (Å²) in [4.78, 5) is 1.49. The average Bonchev–Trinajstić information content (AvgIpc) is 2.44. The Hall–Kier alpha value is 0.140. The van der Waals surface area contributed by atoms with E-state index in [1.807, 2.05) is 11.3 Å². The molecule has 1 aliphatic heterocycles. The van der Waals surface area contributed by atoms with Crippen molar-refractivity contribution in [2.24, 2.45) is 0 Å². The molecule has 0 aliphatic carbocycles. The van der Waals surface area contributed by atoms with Crippen molar-refractivity contribution in [1.82, 2.24) is 5.32 Å². The molecule has 1 fully saturated rings. The van der Waals surface area contributed by atoms with Gasteiger partial charge in [0.2, 0.25) is 0 Å². The van der Waals surface area contributed by atoms with E-state index in [-0.39, 0.29) is 0 Å². The van der Waals surface area contributed by atoms with Crippen molar-refractivity contribution in [3.8, 4) is 0 Å². The van der Waals surface area contributed by atoms with Crippen molar-refractivity contribution >= 4 is 27.3 Å². The first-order chi connectivity index (χ1) is 6.86. The van der Waals surface area contributed by atoms with Gasteiger partial charge in [0.1, 0.15) is 0 Å². The Morgan fingerprint density at radius 2 is 2.36 bits per heavy atom. The molecule has 0 spiro atoms. The van der Waals surface area contributed by atoms with Crippen LogP contribution in [0, 0.1) is 0 Å². The van der Waals surface area contributed by atoms with Crippen molar-refractivity contribution in [2.75, 3.05) is 6.54 Å². The molecule has 2 heterocycles. The van der Waals surface area contributed by atoms with E-state index in [0.717, 1.165) is 0 Å².